The molecule has 2 aromatic rings. The van der Waals surface area contributed by atoms with Gasteiger partial charge in [-0.1, -0.05) is 45.9 Å². The smallest absolute Gasteiger partial charge is 0.0346 e. The number of nitrogens with zero attached hydrogens (tertiary/aromatic N) is 1. The Balaban J connectivity index is 2.50. The molecular weight excluding hydrogens is 256 g/mol. The summed E-state index contributed by atoms with van der Waals surface area (Å²) in [5, 5.41) is 3.18. The van der Waals surface area contributed by atoms with Crippen molar-refractivity contribution in [1.29, 1.82) is 0 Å². The molecule has 1 aromatic heterocycles. The molecule has 0 unspecified atom stereocenters. The van der Waals surface area contributed by atoms with E-state index in [4.69, 9.17) is 0 Å². The van der Waals surface area contributed by atoms with Gasteiger partial charge in [-0.25, -0.2) is 0 Å². The Morgan fingerprint density at radius 2 is 1.76 bits per heavy atom. The van der Waals surface area contributed by atoms with Crippen molar-refractivity contribution in [3.63, 3.8) is 0 Å². The van der Waals surface area contributed by atoms with Gasteiger partial charge in [0.15, 0.2) is 0 Å². The van der Waals surface area contributed by atoms with E-state index in [1.54, 1.807) is 0 Å². The molecule has 0 spiro atoms. The summed E-state index contributed by atoms with van der Waals surface area (Å²) in [5.74, 6) is 1.07. The van der Waals surface area contributed by atoms with E-state index in [-0.39, 0.29) is 0 Å². The lowest BCUT2D eigenvalue weighted by Gasteiger charge is -2.17. The van der Waals surface area contributed by atoms with E-state index in [1.807, 2.05) is 19.4 Å². The third kappa shape index (κ3) is 3.70. The molecule has 0 aliphatic heterocycles. The maximum atomic E-state index is 4.40. The number of aromatic nitrogens is 1. The zero-order valence-electron chi connectivity index (χ0n) is 13.8. The molecule has 0 radical (unpaired) electrons. The lowest BCUT2D eigenvalue weighted by Crippen LogP contribution is -2.05. The van der Waals surface area contributed by atoms with Crippen LogP contribution in [0.25, 0.3) is 11.1 Å². The summed E-state index contributed by atoms with van der Waals surface area (Å²) in [5.41, 5.74) is 6.55. The lowest BCUT2D eigenvalue weighted by atomic mass is 9.89. The normalized spacial score (nSPS) is 11.4. The minimum Gasteiger partial charge on any atom is -0.316 e. The fourth-order valence-electron chi connectivity index (χ4n) is 2.62. The molecule has 0 bridgehead atoms. The fraction of sp³-hybridized carbons (Fsp3) is 0.421. The SMILES string of the molecule is CNCc1cncc(-c2ccc(C(C)C)cc2C(C)C)c1. The van der Waals surface area contributed by atoms with Crippen molar-refractivity contribution in [2.45, 2.75) is 46.1 Å². The highest BCUT2D eigenvalue weighted by atomic mass is 14.8. The highest BCUT2D eigenvalue weighted by Crippen LogP contribution is 2.32. The number of hydrogen-bond acceptors (Lipinski definition) is 2. The zero-order valence-corrected chi connectivity index (χ0v) is 13.8. The lowest BCUT2D eigenvalue weighted by molar-refractivity contribution is 0.813. The molecule has 0 saturated heterocycles. The summed E-state index contributed by atoms with van der Waals surface area (Å²) in [6.07, 6.45) is 3.90. The Bertz CT molecular complexity index is 600. The highest BCUT2D eigenvalue weighted by molar-refractivity contribution is 5.68. The van der Waals surface area contributed by atoms with Gasteiger partial charge in [-0.15, -0.1) is 0 Å². The van der Waals surface area contributed by atoms with E-state index in [0.29, 0.717) is 11.8 Å². The van der Waals surface area contributed by atoms with Crippen molar-refractivity contribution in [2.75, 3.05) is 7.05 Å². The second kappa shape index (κ2) is 6.86. The summed E-state index contributed by atoms with van der Waals surface area (Å²) >= 11 is 0. The van der Waals surface area contributed by atoms with E-state index in [0.717, 1.165) is 6.54 Å². The van der Waals surface area contributed by atoms with Gasteiger partial charge in [-0.3, -0.25) is 4.98 Å². The standard InChI is InChI=1S/C19H26N2/c1-13(2)16-6-7-18(19(9-16)14(3)4)17-8-15(10-20-5)11-21-12-17/h6-9,11-14,20H,10H2,1-5H3. The van der Waals surface area contributed by atoms with Crippen molar-refractivity contribution in [1.82, 2.24) is 10.3 Å². The summed E-state index contributed by atoms with van der Waals surface area (Å²) < 4.78 is 0. The average Bonchev–Trinajstić information content (AvgIpc) is 2.47. The van der Waals surface area contributed by atoms with Crippen LogP contribution in [0.5, 0.6) is 0 Å². The monoisotopic (exact) mass is 282 g/mol. The van der Waals surface area contributed by atoms with Crippen molar-refractivity contribution >= 4 is 0 Å². The molecule has 112 valence electrons. The summed E-state index contributed by atoms with van der Waals surface area (Å²) in [4.78, 5) is 4.40. The molecule has 0 atom stereocenters. The summed E-state index contributed by atoms with van der Waals surface area (Å²) in [6.45, 7) is 9.85. The molecule has 1 aromatic carbocycles. The minimum atomic E-state index is 0.506. The van der Waals surface area contributed by atoms with Crippen molar-refractivity contribution in [2.24, 2.45) is 0 Å². The number of rotatable bonds is 5. The van der Waals surface area contributed by atoms with Crippen LogP contribution in [0.3, 0.4) is 0 Å². The molecule has 0 saturated carbocycles. The predicted molar refractivity (Wildman–Crippen MR) is 90.6 cm³/mol. The molecule has 0 amide bonds. The van der Waals surface area contributed by atoms with Gasteiger partial charge >= 0.3 is 0 Å². The number of nitrogens with one attached hydrogen (secondary N) is 1. The van der Waals surface area contributed by atoms with E-state index >= 15 is 0 Å². The largest absolute Gasteiger partial charge is 0.316 e. The van der Waals surface area contributed by atoms with Crippen LogP contribution in [0.1, 0.15) is 56.2 Å². The predicted octanol–water partition coefficient (Wildman–Crippen LogP) is 4.71. The molecule has 1 N–H and O–H groups in total. The quantitative estimate of drug-likeness (QED) is 0.858. The van der Waals surface area contributed by atoms with Crippen LogP contribution in [-0.2, 0) is 6.54 Å². The van der Waals surface area contributed by atoms with E-state index < -0.39 is 0 Å². The highest BCUT2D eigenvalue weighted by Gasteiger charge is 2.12. The number of pyridine rings is 1. The Kier molecular flexibility index (Phi) is 5.13. The molecular formula is C19H26N2. The summed E-state index contributed by atoms with van der Waals surface area (Å²) in [7, 11) is 1.96. The Morgan fingerprint density at radius 1 is 1.00 bits per heavy atom. The van der Waals surface area contributed by atoms with Crippen molar-refractivity contribution in [3.05, 3.63) is 53.3 Å². The topological polar surface area (TPSA) is 24.9 Å². The second-order valence-corrected chi connectivity index (χ2v) is 6.27. The minimum absolute atomic E-state index is 0.506. The van der Waals surface area contributed by atoms with Crippen LogP contribution in [0.2, 0.25) is 0 Å². The van der Waals surface area contributed by atoms with Crippen LogP contribution in [0, 0.1) is 0 Å². The van der Waals surface area contributed by atoms with E-state index in [2.05, 4.69) is 62.3 Å². The van der Waals surface area contributed by atoms with E-state index in [9.17, 15) is 0 Å². The van der Waals surface area contributed by atoms with E-state index in [1.165, 1.54) is 27.8 Å². The van der Waals surface area contributed by atoms with Crippen LogP contribution in [0.4, 0.5) is 0 Å². The Labute approximate surface area is 128 Å². The third-order valence-corrected chi connectivity index (χ3v) is 3.85. The van der Waals surface area contributed by atoms with Gasteiger partial charge in [-0.05, 0) is 47.2 Å². The van der Waals surface area contributed by atoms with Gasteiger partial charge in [0.1, 0.15) is 0 Å². The number of hydrogen-bond donors (Lipinski definition) is 1. The molecule has 0 aliphatic rings. The van der Waals surface area contributed by atoms with Gasteiger partial charge in [0.05, 0.1) is 0 Å². The van der Waals surface area contributed by atoms with Crippen molar-refractivity contribution < 1.29 is 0 Å². The molecule has 0 aliphatic carbocycles. The molecule has 2 rings (SSSR count). The first kappa shape index (κ1) is 15.7. The molecule has 21 heavy (non-hydrogen) atoms. The van der Waals surface area contributed by atoms with Crippen LogP contribution >= 0.6 is 0 Å². The van der Waals surface area contributed by atoms with Crippen LogP contribution < -0.4 is 5.32 Å². The number of benzene rings is 1. The molecule has 2 heteroatoms. The molecule has 2 nitrogen and oxygen atoms in total. The van der Waals surface area contributed by atoms with Gasteiger partial charge < -0.3 is 5.32 Å². The first-order chi connectivity index (χ1) is 10.0. The fourth-order valence-corrected chi connectivity index (χ4v) is 2.62. The van der Waals surface area contributed by atoms with Gasteiger partial charge in [-0.2, -0.15) is 0 Å². The third-order valence-electron chi connectivity index (χ3n) is 3.85. The maximum absolute atomic E-state index is 4.40. The Morgan fingerprint density at radius 3 is 2.38 bits per heavy atom. The van der Waals surface area contributed by atoms with Gasteiger partial charge in [0.25, 0.3) is 0 Å². The van der Waals surface area contributed by atoms with Crippen molar-refractivity contribution in [3.8, 4) is 11.1 Å². The summed E-state index contributed by atoms with van der Waals surface area (Å²) in [6, 6.07) is 9.09. The Hall–Kier alpha value is -1.67. The second-order valence-electron chi connectivity index (χ2n) is 6.27. The average molecular weight is 282 g/mol. The first-order valence-corrected chi connectivity index (χ1v) is 7.75. The zero-order chi connectivity index (χ0) is 15.4. The first-order valence-electron chi connectivity index (χ1n) is 7.75. The van der Waals surface area contributed by atoms with Crippen LogP contribution in [-0.4, -0.2) is 12.0 Å². The van der Waals surface area contributed by atoms with Gasteiger partial charge in [0, 0.05) is 24.5 Å². The van der Waals surface area contributed by atoms with Gasteiger partial charge in [0.2, 0.25) is 0 Å². The van der Waals surface area contributed by atoms with Crippen LogP contribution in [0.15, 0.2) is 36.7 Å². The maximum Gasteiger partial charge on any atom is 0.0346 e. The molecule has 1 heterocycles. The molecule has 0 fully saturated rings.